The van der Waals surface area contributed by atoms with Crippen molar-refractivity contribution in [1.82, 2.24) is 15.0 Å². The van der Waals surface area contributed by atoms with Gasteiger partial charge in [-0.15, -0.1) is 5.10 Å². The highest BCUT2D eigenvalue weighted by molar-refractivity contribution is 6.01. The summed E-state index contributed by atoms with van der Waals surface area (Å²) >= 11 is 0. The van der Waals surface area contributed by atoms with Gasteiger partial charge in [0.1, 0.15) is 17.8 Å². The van der Waals surface area contributed by atoms with Gasteiger partial charge in [0.15, 0.2) is 11.9 Å². The zero-order valence-corrected chi connectivity index (χ0v) is 12.9. The lowest BCUT2D eigenvalue weighted by molar-refractivity contribution is -0.122. The van der Waals surface area contributed by atoms with Gasteiger partial charge in [-0.3, -0.25) is 9.59 Å². The smallest absolute Gasteiger partial charge is 0.265 e. The summed E-state index contributed by atoms with van der Waals surface area (Å²) in [6, 6.07) is 12.5. The second kappa shape index (κ2) is 5.45. The number of Topliss-reactive ketones (excluding diaryl/α,β-unsaturated/α-hetero) is 1. The second-order valence-corrected chi connectivity index (χ2v) is 5.62. The predicted molar refractivity (Wildman–Crippen MR) is 87.0 cm³/mol. The van der Waals surface area contributed by atoms with Gasteiger partial charge < -0.3 is 10.1 Å². The largest absolute Gasteiger partial charge is 0.479 e. The number of para-hydroxylation sites is 1. The first-order valence-corrected chi connectivity index (χ1v) is 7.55. The van der Waals surface area contributed by atoms with Crippen molar-refractivity contribution in [3.05, 3.63) is 48.0 Å². The molecule has 1 aromatic heterocycles. The van der Waals surface area contributed by atoms with Crippen LogP contribution in [0.2, 0.25) is 0 Å². The van der Waals surface area contributed by atoms with Gasteiger partial charge in [-0.2, -0.15) is 0 Å². The molecule has 4 rings (SSSR count). The first kappa shape index (κ1) is 14.4. The summed E-state index contributed by atoms with van der Waals surface area (Å²) in [6.45, 7) is 1.75. The number of fused-ring (bicyclic) bond motifs is 2. The number of nitrogens with zero attached hydrogens (tertiary/aromatic N) is 3. The van der Waals surface area contributed by atoms with E-state index in [9.17, 15) is 9.59 Å². The van der Waals surface area contributed by atoms with Crippen LogP contribution in [0.3, 0.4) is 0 Å². The Morgan fingerprint density at radius 1 is 1.29 bits per heavy atom. The molecule has 0 saturated carbocycles. The van der Waals surface area contributed by atoms with Crippen molar-refractivity contribution < 1.29 is 14.3 Å². The van der Waals surface area contributed by atoms with E-state index in [1.807, 2.05) is 24.3 Å². The highest BCUT2D eigenvalue weighted by Gasteiger charge is 2.24. The number of amides is 1. The number of aromatic nitrogens is 3. The molecule has 0 spiro atoms. The molecule has 1 aliphatic rings. The van der Waals surface area contributed by atoms with E-state index in [4.69, 9.17) is 4.74 Å². The number of ketones is 1. The number of ether oxygens (including phenoxy) is 1. The number of rotatable bonds is 3. The molecule has 0 radical (unpaired) electrons. The molecule has 1 unspecified atom stereocenters. The third-order valence-corrected chi connectivity index (χ3v) is 3.95. The number of anilines is 1. The predicted octanol–water partition coefficient (Wildman–Crippen LogP) is 2.03. The number of hydrogen-bond donors (Lipinski definition) is 1. The van der Waals surface area contributed by atoms with E-state index < -0.39 is 6.10 Å². The van der Waals surface area contributed by atoms with Crippen LogP contribution in [0, 0.1) is 0 Å². The number of nitrogens with one attached hydrogen (secondary N) is 1. The molecule has 7 heteroatoms. The molecular formula is C17H14N4O3. The molecular weight excluding hydrogens is 308 g/mol. The van der Waals surface area contributed by atoms with E-state index in [1.54, 1.807) is 29.8 Å². The maximum absolute atomic E-state index is 12.5. The van der Waals surface area contributed by atoms with Gasteiger partial charge in [0.2, 0.25) is 0 Å². The zero-order chi connectivity index (χ0) is 16.7. The lowest BCUT2D eigenvalue weighted by atomic mass is 10.1. The number of carbonyl (C=O) groups is 2. The molecule has 0 aliphatic carbocycles. The first-order chi connectivity index (χ1) is 11.6. The molecule has 3 aromatic rings. The van der Waals surface area contributed by atoms with Crippen LogP contribution in [0.5, 0.6) is 5.75 Å². The molecule has 0 fully saturated rings. The summed E-state index contributed by atoms with van der Waals surface area (Å²) in [5.74, 6) is 0.209. The standard InChI is InChI=1S/C17H14N4O3/c1-10-17(23)18-13-8-11(6-7-16(13)24-10)15(22)9-21-14-5-3-2-4-12(14)19-20-21/h2-8,10H,9H2,1H3,(H,18,23). The van der Waals surface area contributed by atoms with E-state index in [0.717, 1.165) is 11.0 Å². The van der Waals surface area contributed by atoms with Crippen molar-refractivity contribution in [3.8, 4) is 5.75 Å². The van der Waals surface area contributed by atoms with E-state index in [1.165, 1.54) is 0 Å². The lowest BCUT2D eigenvalue weighted by Gasteiger charge is -2.23. The summed E-state index contributed by atoms with van der Waals surface area (Å²) in [5.41, 5.74) is 2.53. The molecule has 1 amide bonds. The van der Waals surface area contributed by atoms with Crippen LogP contribution in [0.4, 0.5) is 5.69 Å². The van der Waals surface area contributed by atoms with Crippen LogP contribution in [0.1, 0.15) is 17.3 Å². The normalized spacial score (nSPS) is 16.4. The van der Waals surface area contributed by atoms with Gasteiger partial charge in [0.05, 0.1) is 11.2 Å². The van der Waals surface area contributed by atoms with Crippen molar-refractivity contribution in [2.24, 2.45) is 0 Å². The van der Waals surface area contributed by atoms with E-state index in [0.29, 0.717) is 17.0 Å². The summed E-state index contributed by atoms with van der Waals surface area (Å²) in [5, 5.41) is 10.8. The highest BCUT2D eigenvalue weighted by Crippen LogP contribution is 2.30. The number of hydrogen-bond acceptors (Lipinski definition) is 5. The van der Waals surface area contributed by atoms with Crippen LogP contribution in [0.25, 0.3) is 11.0 Å². The molecule has 2 aromatic carbocycles. The molecule has 1 aliphatic heterocycles. The fraction of sp³-hybridized carbons (Fsp3) is 0.176. The van der Waals surface area contributed by atoms with Gasteiger partial charge in [0, 0.05) is 5.56 Å². The van der Waals surface area contributed by atoms with Crippen molar-refractivity contribution >= 4 is 28.4 Å². The molecule has 7 nitrogen and oxygen atoms in total. The highest BCUT2D eigenvalue weighted by atomic mass is 16.5. The Bertz CT molecular complexity index is 963. The van der Waals surface area contributed by atoms with Crippen LogP contribution in [-0.4, -0.2) is 32.8 Å². The van der Waals surface area contributed by atoms with Crippen molar-refractivity contribution in [2.45, 2.75) is 19.6 Å². The van der Waals surface area contributed by atoms with Crippen LogP contribution >= 0.6 is 0 Å². The minimum absolute atomic E-state index is 0.0739. The Labute approximate surface area is 137 Å². The lowest BCUT2D eigenvalue weighted by Crippen LogP contribution is -2.34. The minimum atomic E-state index is -0.541. The second-order valence-electron chi connectivity index (χ2n) is 5.62. The van der Waals surface area contributed by atoms with Gasteiger partial charge in [0.25, 0.3) is 5.91 Å². The molecule has 2 heterocycles. The molecule has 120 valence electrons. The average molecular weight is 322 g/mol. The summed E-state index contributed by atoms with van der Waals surface area (Å²) in [7, 11) is 0. The SMILES string of the molecule is CC1Oc2ccc(C(=O)Cn3nnc4ccccc43)cc2NC1=O. The van der Waals surface area contributed by atoms with E-state index in [-0.39, 0.29) is 18.2 Å². The van der Waals surface area contributed by atoms with Gasteiger partial charge in [-0.25, -0.2) is 4.68 Å². The topological polar surface area (TPSA) is 86.1 Å². The van der Waals surface area contributed by atoms with Crippen LogP contribution < -0.4 is 10.1 Å². The minimum Gasteiger partial charge on any atom is -0.479 e. The Hall–Kier alpha value is -3.22. The Morgan fingerprint density at radius 3 is 3.00 bits per heavy atom. The Balaban J connectivity index is 1.61. The summed E-state index contributed by atoms with van der Waals surface area (Å²) < 4.78 is 7.06. The van der Waals surface area contributed by atoms with Crippen LogP contribution in [0.15, 0.2) is 42.5 Å². The van der Waals surface area contributed by atoms with Crippen LogP contribution in [-0.2, 0) is 11.3 Å². The Morgan fingerprint density at radius 2 is 2.12 bits per heavy atom. The summed E-state index contributed by atoms with van der Waals surface area (Å²) in [4.78, 5) is 24.2. The molecule has 1 N–H and O–H groups in total. The molecule has 0 bridgehead atoms. The monoisotopic (exact) mass is 322 g/mol. The fourth-order valence-electron chi connectivity index (χ4n) is 2.64. The summed E-state index contributed by atoms with van der Waals surface area (Å²) in [6.07, 6.45) is -0.541. The average Bonchev–Trinajstić information content (AvgIpc) is 2.99. The number of benzene rings is 2. The number of carbonyl (C=O) groups excluding carboxylic acids is 2. The maximum atomic E-state index is 12.5. The molecule has 24 heavy (non-hydrogen) atoms. The quantitative estimate of drug-likeness (QED) is 0.746. The van der Waals surface area contributed by atoms with Gasteiger partial charge in [-0.1, -0.05) is 17.3 Å². The van der Waals surface area contributed by atoms with Crippen molar-refractivity contribution in [1.29, 1.82) is 0 Å². The Kier molecular flexibility index (Phi) is 3.26. The van der Waals surface area contributed by atoms with Gasteiger partial charge in [-0.05, 0) is 37.3 Å². The molecule has 1 atom stereocenters. The van der Waals surface area contributed by atoms with E-state index >= 15 is 0 Å². The first-order valence-electron chi connectivity index (χ1n) is 7.55. The maximum Gasteiger partial charge on any atom is 0.265 e. The fourth-order valence-corrected chi connectivity index (χ4v) is 2.64. The van der Waals surface area contributed by atoms with Crippen molar-refractivity contribution in [2.75, 3.05) is 5.32 Å². The third kappa shape index (κ3) is 2.40. The van der Waals surface area contributed by atoms with E-state index in [2.05, 4.69) is 15.6 Å². The zero-order valence-electron chi connectivity index (χ0n) is 12.9. The van der Waals surface area contributed by atoms with Gasteiger partial charge >= 0.3 is 0 Å². The third-order valence-electron chi connectivity index (χ3n) is 3.95. The molecule has 0 saturated heterocycles. The van der Waals surface area contributed by atoms with Crippen molar-refractivity contribution in [3.63, 3.8) is 0 Å².